The lowest BCUT2D eigenvalue weighted by Crippen LogP contribution is -1.89. The molecule has 0 atom stereocenters. The summed E-state index contributed by atoms with van der Waals surface area (Å²) in [4.78, 5) is 0. The molecule has 1 aliphatic rings. The molecule has 2 nitrogen and oxygen atoms in total. The lowest BCUT2D eigenvalue weighted by atomic mass is 10.5. The van der Waals surface area contributed by atoms with Gasteiger partial charge < -0.3 is 0 Å². The molecule has 0 fully saturated rings. The fraction of sp³-hybridized carbons (Fsp3) is 0. The summed E-state index contributed by atoms with van der Waals surface area (Å²) in [6.45, 7) is 0. The van der Waals surface area contributed by atoms with Crippen LogP contribution in [0, 0.1) is 6.08 Å². The largest absolute Gasteiger partial charge is 0.286 e. The van der Waals surface area contributed by atoms with E-state index >= 15 is 0 Å². The normalized spacial score (nSPS) is 16.0. The number of hydrazone groups is 1. The highest BCUT2D eigenvalue weighted by Gasteiger charge is 1.69. The first-order valence-corrected chi connectivity index (χ1v) is 2.01. The predicted molar refractivity (Wildman–Crippen MR) is 28.6 cm³/mol. The van der Waals surface area contributed by atoms with E-state index in [9.17, 15) is 0 Å². The molecule has 0 spiro atoms. The van der Waals surface area contributed by atoms with Crippen LogP contribution in [0.15, 0.2) is 23.5 Å². The molecule has 0 aliphatic carbocycles. The molecule has 1 radical (unpaired) electrons. The van der Waals surface area contributed by atoms with Gasteiger partial charge in [-0.2, -0.15) is 5.10 Å². The van der Waals surface area contributed by atoms with Gasteiger partial charge >= 0.3 is 0 Å². The van der Waals surface area contributed by atoms with Gasteiger partial charge in [0.25, 0.3) is 0 Å². The Morgan fingerprint density at radius 3 is 3.57 bits per heavy atom. The maximum Gasteiger partial charge on any atom is 0.0551 e. The van der Waals surface area contributed by atoms with Crippen molar-refractivity contribution >= 4 is 6.21 Å². The molecule has 0 unspecified atom stereocenters. The Hall–Kier alpha value is -1.05. The van der Waals surface area contributed by atoms with Gasteiger partial charge in [-0.15, -0.1) is 0 Å². The number of rotatable bonds is 0. The summed E-state index contributed by atoms with van der Waals surface area (Å²) in [7, 11) is 0. The van der Waals surface area contributed by atoms with Crippen molar-refractivity contribution in [2.24, 2.45) is 5.10 Å². The Kier molecular flexibility index (Phi) is 1.28. The topological polar surface area (TPSA) is 24.4 Å². The summed E-state index contributed by atoms with van der Waals surface area (Å²) in [5.74, 6) is 0. The molecule has 0 amide bonds. The van der Waals surface area contributed by atoms with E-state index in [1.54, 1.807) is 18.5 Å². The van der Waals surface area contributed by atoms with Crippen molar-refractivity contribution in [1.82, 2.24) is 5.43 Å². The molecule has 0 saturated carbocycles. The summed E-state index contributed by atoms with van der Waals surface area (Å²) in [5, 5.41) is 3.67. The van der Waals surface area contributed by atoms with Gasteiger partial charge in [0.2, 0.25) is 0 Å². The summed E-state index contributed by atoms with van der Waals surface area (Å²) in [5.41, 5.74) is 2.64. The van der Waals surface area contributed by atoms with Crippen LogP contribution in [0.4, 0.5) is 0 Å². The number of hydrogen-bond donors (Lipinski definition) is 1. The zero-order chi connectivity index (χ0) is 4.95. The third-order valence-electron chi connectivity index (χ3n) is 0.577. The summed E-state index contributed by atoms with van der Waals surface area (Å²) in [6, 6.07) is 0. The van der Waals surface area contributed by atoms with Crippen LogP contribution in [0.1, 0.15) is 0 Å². The minimum atomic E-state index is 1.57. The first-order valence-electron chi connectivity index (χ1n) is 2.01. The fourth-order valence-electron chi connectivity index (χ4n) is 0.307. The highest BCUT2D eigenvalue weighted by molar-refractivity contribution is 5.66. The Morgan fingerprint density at radius 2 is 2.57 bits per heavy atom. The zero-order valence-corrected chi connectivity index (χ0v) is 3.76. The second-order valence-corrected chi connectivity index (χ2v) is 1.08. The highest BCUT2D eigenvalue weighted by Crippen LogP contribution is 1.75. The van der Waals surface area contributed by atoms with Gasteiger partial charge in [-0.05, 0) is 6.08 Å². The third-order valence-corrected chi connectivity index (χ3v) is 0.577. The molecule has 0 aromatic heterocycles. The summed E-state index contributed by atoms with van der Waals surface area (Å²) >= 11 is 0. The Bertz CT molecular complexity index is 108. The lowest BCUT2D eigenvalue weighted by molar-refractivity contribution is 0.979. The van der Waals surface area contributed by atoms with E-state index in [0.717, 1.165) is 0 Å². The quantitative estimate of drug-likeness (QED) is 0.462. The highest BCUT2D eigenvalue weighted by atomic mass is 15.3. The Balaban J connectivity index is 2.60. The fourth-order valence-corrected chi connectivity index (χ4v) is 0.307. The monoisotopic (exact) mass is 93.0 g/mol. The van der Waals surface area contributed by atoms with Crippen molar-refractivity contribution in [1.29, 1.82) is 0 Å². The summed E-state index contributed by atoms with van der Waals surface area (Å²) < 4.78 is 0. The van der Waals surface area contributed by atoms with Crippen LogP contribution in [-0.2, 0) is 0 Å². The van der Waals surface area contributed by atoms with Gasteiger partial charge in [-0.25, -0.2) is 0 Å². The van der Waals surface area contributed by atoms with E-state index in [0.29, 0.717) is 0 Å². The van der Waals surface area contributed by atoms with Crippen LogP contribution in [0.25, 0.3) is 0 Å². The number of hydrogen-bond acceptors (Lipinski definition) is 2. The van der Waals surface area contributed by atoms with Gasteiger partial charge in [0.05, 0.1) is 6.21 Å². The van der Waals surface area contributed by atoms with Gasteiger partial charge in [0, 0.05) is 12.3 Å². The standard InChI is InChI=1S/C5H5N2/c1-2-4-6-7-5-3-1/h1-2,4-6H. The smallest absolute Gasteiger partial charge is 0.0551 e. The SMILES string of the molecule is [C]1=CC=CNN=C1. The van der Waals surface area contributed by atoms with Crippen molar-refractivity contribution in [3.63, 3.8) is 0 Å². The van der Waals surface area contributed by atoms with Gasteiger partial charge in [-0.1, -0.05) is 6.08 Å². The Morgan fingerprint density at radius 1 is 1.57 bits per heavy atom. The van der Waals surface area contributed by atoms with E-state index < -0.39 is 0 Å². The minimum absolute atomic E-state index is 1.57. The van der Waals surface area contributed by atoms with Crippen LogP contribution in [0.2, 0.25) is 0 Å². The van der Waals surface area contributed by atoms with Gasteiger partial charge in [0.1, 0.15) is 0 Å². The predicted octanol–water partition coefficient (Wildman–Crippen LogP) is 0.448. The van der Waals surface area contributed by atoms with Crippen LogP contribution in [-0.4, -0.2) is 6.21 Å². The van der Waals surface area contributed by atoms with E-state index in [1.165, 1.54) is 0 Å². The van der Waals surface area contributed by atoms with E-state index in [2.05, 4.69) is 16.6 Å². The Labute approximate surface area is 42.2 Å². The van der Waals surface area contributed by atoms with Crippen molar-refractivity contribution in [2.45, 2.75) is 0 Å². The molecule has 1 heterocycles. The second kappa shape index (κ2) is 2.18. The molecule has 2 heteroatoms. The molecule has 0 aromatic rings. The molecule has 0 saturated heterocycles. The van der Waals surface area contributed by atoms with Crippen LogP contribution in [0.5, 0.6) is 0 Å². The van der Waals surface area contributed by atoms with E-state index in [-0.39, 0.29) is 0 Å². The van der Waals surface area contributed by atoms with Crippen LogP contribution >= 0.6 is 0 Å². The van der Waals surface area contributed by atoms with Crippen LogP contribution < -0.4 is 5.43 Å². The maximum atomic E-state index is 3.67. The number of allylic oxidation sites excluding steroid dienone is 3. The molecule has 0 aromatic carbocycles. The minimum Gasteiger partial charge on any atom is -0.286 e. The lowest BCUT2D eigenvalue weighted by Gasteiger charge is -1.78. The maximum absolute atomic E-state index is 3.67. The summed E-state index contributed by atoms with van der Waals surface area (Å²) in [6.07, 6.45) is 9.69. The third kappa shape index (κ3) is 1.22. The van der Waals surface area contributed by atoms with Gasteiger partial charge in [0.15, 0.2) is 0 Å². The van der Waals surface area contributed by atoms with Crippen molar-refractivity contribution in [3.8, 4) is 0 Å². The van der Waals surface area contributed by atoms with Crippen molar-refractivity contribution < 1.29 is 0 Å². The van der Waals surface area contributed by atoms with Crippen molar-refractivity contribution in [3.05, 3.63) is 24.4 Å². The van der Waals surface area contributed by atoms with Gasteiger partial charge in [-0.3, -0.25) is 5.43 Å². The zero-order valence-electron chi connectivity index (χ0n) is 3.76. The molecule has 1 N–H and O–H groups in total. The molecular formula is C5H5N2. The van der Waals surface area contributed by atoms with Crippen LogP contribution in [0.3, 0.4) is 0 Å². The molecule has 0 bridgehead atoms. The number of nitrogens with zero attached hydrogens (tertiary/aromatic N) is 1. The van der Waals surface area contributed by atoms with Crippen molar-refractivity contribution in [2.75, 3.05) is 0 Å². The first-order chi connectivity index (χ1) is 3.50. The molecule has 1 aliphatic heterocycles. The first kappa shape index (κ1) is 4.12. The van der Waals surface area contributed by atoms with E-state index in [1.807, 2.05) is 6.08 Å². The molecule has 7 heavy (non-hydrogen) atoms. The molecular weight excluding hydrogens is 88.1 g/mol. The van der Waals surface area contributed by atoms with E-state index in [4.69, 9.17) is 0 Å². The average Bonchev–Trinajstić information content (AvgIpc) is 1.90. The number of nitrogens with one attached hydrogen (secondary N) is 1. The second-order valence-electron chi connectivity index (χ2n) is 1.08. The molecule has 35 valence electrons. The average molecular weight is 93.1 g/mol. The molecule has 1 rings (SSSR count).